The Morgan fingerprint density at radius 2 is 2.37 bits per heavy atom. The third-order valence-corrected chi connectivity index (χ3v) is 4.14. The van der Waals surface area contributed by atoms with Crippen LogP contribution in [0.25, 0.3) is 0 Å². The Kier molecular flexibility index (Phi) is 5.02. The number of rotatable bonds is 5. The number of hydrogen-bond donors (Lipinski definition) is 2. The molecular weight excluding hydrogens is 278 g/mol. The number of nitrogens with zero attached hydrogens (tertiary/aromatic N) is 1. The molecule has 0 amide bonds. The Morgan fingerprint density at radius 3 is 3.05 bits per heavy atom. The number of likely N-dealkylation sites (N-methyl/N-ethyl adjacent to an activating group) is 1. The molecule has 0 saturated carbocycles. The Hall–Kier alpha value is -0.840. The van der Waals surface area contributed by atoms with Gasteiger partial charge in [0.2, 0.25) is 0 Å². The third kappa shape index (κ3) is 3.59. The predicted octanol–water partition coefficient (Wildman–Crippen LogP) is 2.87. The number of anilines is 1. The number of hydrogen-bond acceptors (Lipinski definition) is 3. The summed E-state index contributed by atoms with van der Waals surface area (Å²) in [7, 11) is 0. The summed E-state index contributed by atoms with van der Waals surface area (Å²) in [6.07, 6.45) is 2.53. The lowest BCUT2D eigenvalue weighted by molar-refractivity contribution is 0.277. The van der Waals surface area contributed by atoms with Gasteiger partial charge in [0.15, 0.2) is 0 Å². The van der Waals surface area contributed by atoms with Gasteiger partial charge in [0, 0.05) is 28.9 Å². The number of thiocarbonyl (C=S) groups is 1. The summed E-state index contributed by atoms with van der Waals surface area (Å²) < 4.78 is 0. The van der Waals surface area contributed by atoms with Gasteiger partial charge in [-0.05, 0) is 44.1 Å². The van der Waals surface area contributed by atoms with Gasteiger partial charge in [0.1, 0.15) is 4.99 Å². The Morgan fingerprint density at radius 1 is 1.58 bits per heavy atom. The van der Waals surface area contributed by atoms with E-state index in [2.05, 4.69) is 17.1 Å². The van der Waals surface area contributed by atoms with Crippen LogP contribution in [-0.2, 0) is 0 Å². The quantitative estimate of drug-likeness (QED) is 0.820. The van der Waals surface area contributed by atoms with Gasteiger partial charge in [-0.2, -0.15) is 0 Å². The molecule has 1 fully saturated rings. The minimum atomic E-state index is 0.378. The van der Waals surface area contributed by atoms with Gasteiger partial charge in [0.25, 0.3) is 0 Å². The molecule has 3 nitrogen and oxygen atoms in total. The molecule has 0 aliphatic carbocycles. The normalized spacial score (nSPS) is 19.6. The molecule has 5 heteroatoms. The zero-order chi connectivity index (χ0) is 13.8. The van der Waals surface area contributed by atoms with E-state index in [1.165, 1.54) is 19.4 Å². The molecule has 1 heterocycles. The topological polar surface area (TPSA) is 41.3 Å². The monoisotopic (exact) mass is 297 g/mol. The van der Waals surface area contributed by atoms with Gasteiger partial charge >= 0.3 is 0 Å². The van der Waals surface area contributed by atoms with Crippen molar-refractivity contribution in [1.82, 2.24) is 4.90 Å². The fraction of sp³-hybridized carbons (Fsp3) is 0.500. The van der Waals surface area contributed by atoms with Crippen LogP contribution in [0.2, 0.25) is 5.02 Å². The summed E-state index contributed by atoms with van der Waals surface area (Å²) in [6.45, 7) is 5.44. The van der Waals surface area contributed by atoms with Crippen molar-refractivity contribution in [2.75, 3.05) is 25.0 Å². The molecule has 1 aromatic carbocycles. The number of benzene rings is 1. The molecular formula is C14H20ClN3S. The average molecular weight is 298 g/mol. The summed E-state index contributed by atoms with van der Waals surface area (Å²) in [5, 5.41) is 4.12. The van der Waals surface area contributed by atoms with Crippen LogP contribution < -0.4 is 11.1 Å². The van der Waals surface area contributed by atoms with Gasteiger partial charge in [-0.25, -0.2) is 0 Å². The van der Waals surface area contributed by atoms with Crippen molar-refractivity contribution >= 4 is 34.5 Å². The highest BCUT2D eigenvalue weighted by Gasteiger charge is 2.22. The van der Waals surface area contributed by atoms with Crippen LogP contribution in [0.4, 0.5) is 5.69 Å². The van der Waals surface area contributed by atoms with Crippen molar-refractivity contribution in [2.24, 2.45) is 5.73 Å². The average Bonchev–Trinajstić information content (AvgIpc) is 2.84. The number of likely N-dealkylation sites (tertiary alicyclic amines) is 1. The first kappa shape index (κ1) is 14.6. The Bertz CT molecular complexity index is 464. The molecule has 2 rings (SSSR count). The minimum absolute atomic E-state index is 0.378. The molecule has 0 bridgehead atoms. The van der Waals surface area contributed by atoms with E-state index in [0.717, 1.165) is 24.3 Å². The van der Waals surface area contributed by atoms with E-state index < -0.39 is 0 Å². The lowest BCUT2D eigenvalue weighted by Crippen LogP contribution is -2.34. The first-order valence-electron chi connectivity index (χ1n) is 6.69. The predicted molar refractivity (Wildman–Crippen MR) is 86.1 cm³/mol. The van der Waals surface area contributed by atoms with E-state index in [4.69, 9.17) is 29.6 Å². The Labute approximate surface area is 125 Å². The third-order valence-electron chi connectivity index (χ3n) is 3.68. The SMILES string of the molecule is CCN1CCCC1CNc1ccc(Cl)cc1C(N)=S. The van der Waals surface area contributed by atoms with Gasteiger partial charge < -0.3 is 11.1 Å². The van der Waals surface area contributed by atoms with Gasteiger partial charge in [-0.1, -0.05) is 30.7 Å². The summed E-state index contributed by atoms with van der Waals surface area (Å²) >= 11 is 11.1. The molecule has 3 N–H and O–H groups in total. The molecule has 1 aromatic rings. The zero-order valence-corrected chi connectivity index (χ0v) is 12.7. The summed E-state index contributed by atoms with van der Waals surface area (Å²) in [5.74, 6) is 0. The molecule has 1 atom stereocenters. The lowest BCUT2D eigenvalue weighted by atomic mass is 10.1. The first-order chi connectivity index (χ1) is 9.11. The molecule has 19 heavy (non-hydrogen) atoms. The summed E-state index contributed by atoms with van der Waals surface area (Å²) in [4.78, 5) is 2.88. The van der Waals surface area contributed by atoms with E-state index in [1.54, 1.807) is 0 Å². The van der Waals surface area contributed by atoms with Crippen LogP contribution in [0.15, 0.2) is 18.2 Å². The van der Waals surface area contributed by atoms with Crippen LogP contribution in [0.3, 0.4) is 0 Å². The minimum Gasteiger partial charge on any atom is -0.389 e. The Balaban J connectivity index is 2.05. The van der Waals surface area contributed by atoms with E-state index in [1.807, 2.05) is 18.2 Å². The van der Waals surface area contributed by atoms with E-state index in [0.29, 0.717) is 16.1 Å². The highest BCUT2D eigenvalue weighted by molar-refractivity contribution is 7.80. The van der Waals surface area contributed by atoms with Gasteiger partial charge in [-0.3, -0.25) is 4.90 Å². The van der Waals surface area contributed by atoms with E-state index in [-0.39, 0.29) is 0 Å². The zero-order valence-electron chi connectivity index (χ0n) is 11.2. The number of nitrogens with one attached hydrogen (secondary N) is 1. The fourth-order valence-corrected chi connectivity index (χ4v) is 2.99. The summed E-state index contributed by atoms with van der Waals surface area (Å²) in [5.41, 5.74) is 7.54. The van der Waals surface area contributed by atoms with Crippen molar-refractivity contribution in [3.63, 3.8) is 0 Å². The maximum absolute atomic E-state index is 5.98. The smallest absolute Gasteiger partial charge is 0.106 e. The lowest BCUT2D eigenvalue weighted by Gasteiger charge is -2.24. The number of halogens is 1. The van der Waals surface area contributed by atoms with Crippen LogP contribution in [0, 0.1) is 0 Å². The van der Waals surface area contributed by atoms with Gasteiger partial charge in [0.05, 0.1) is 0 Å². The molecule has 1 aliphatic rings. The van der Waals surface area contributed by atoms with Crippen molar-refractivity contribution in [2.45, 2.75) is 25.8 Å². The molecule has 0 aromatic heterocycles. The van der Waals surface area contributed by atoms with Crippen molar-refractivity contribution < 1.29 is 0 Å². The number of nitrogens with two attached hydrogens (primary N) is 1. The van der Waals surface area contributed by atoms with E-state index >= 15 is 0 Å². The second-order valence-electron chi connectivity index (χ2n) is 4.86. The summed E-state index contributed by atoms with van der Waals surface area (Å²) in [6, 6.07) is 6.22. The standard InChI is InChI=1S/C14H20ClN3S/c1-2-18-7-3-4-11(18)9-17-13-6-5-10(15)8-12(13)14(16)19/h5-6,8,11,17H,2-4,7,9H2,1H3,(H2,16,19). The molecule has 1 unspecified atom stereocenters. The van der Waals surface area contributed by atoms with Crippen LogP contribution in [0.1, 0.15) is 25.3 Å². The van der Waals surface area contributed by atoms with Crippen LogP contribution in [0.5, 0.6) is 0 Å². The van der Waals surface area contributed by atoms with Crippen LogP contribution in [-0.4, -0.2) is 35.6 Å². The van der Waals surface area contributed by atoms with Gasteiger partial charge in [-0.15, -0.1) is 0 Å². The van der Waals surface area contributed by atoms with Crippen molar-refractivity contribution in [3.8, 4) is 0 Å². The largest absolute Gasteiger partial charge is 0.389 e. The van der Waals surface area contributed by atoms with Crippen LogP contribution >= 0.6 is 23.8 Å². The van der Waals surface area contributed by atoms with Crippen molar-refractivity contribution in [3.05, 3.63) is 28.8 Å². The molecule has 0 spiro atoms. The molecule has 104 valence electrons. The first-order valence-corrected chi connectivity index (χ1v) is 7.47. The van der Waals surface area contributed by atoms with Crippen molar-refractivity contribution in [1.29, 1.82) is 0 Å². The maximum atomic E-state index is 5.98. The molecule has 1 aliphatic heterocycles. The maximum Gasteiger partial charge on any atom is 0.106 e. The second-order valence-corrected chi connectivity index (χ2v) is 5.74. The highest BCUT2D eigenvalue weighted by Crippen LogP contribution is 2.22. The van der Waals surface area contributed by atoms with E-state index in [9.17, 15) is 0 Å². The molecule has 1 saturated heterocycles. The second kappa shape index (κ2) is 6.55. The highest BCUT2D eigenvalue weighted by atomic mass is 35.5. The molecule has 0 radical (unpaired) electrons. The fourth-order valence-electron chi connectivity index (χ4n) is 2.64.